The molecular formula is C12H16N2O2. The van der Waals surface area contributed by atoms with Gasteiger partial charge in [-0.15, -0.1) is 0 Å². The second kappa shape index (κ2) is 4.99. The van der Waals surface area contributed by atoms with Crippen molar-refractivity contribution in [3.05, 3.63) is 29.8 Å². The van der Waals surface area contributed by atoms with Gasteiger partial charge in [0.15, 0.2) is 0 Å². The first-order chi connectivity index (χ1) is 7.79. The van der Waals surface area contributed by atoms with Gasteiger partial charge in [-0.05, 0) is 37.6 Å². The van der Waals surface area contributed by atoms with Crippen LogP contribution in [0.3, 0.4) is 0 Å². The highest BCUT2D eigenvalue weighted by atomic mass is 16.5. The van der Waals surface area contributed by atoms with Crippen molar-refractivity contribution in [2.75, 3.05) is 13.1 Å². The third-order valence-electron chi connectivity index (χ3n) is 2.54. The number of phenolic OH excluding ortho intramolecular Hbond substituents is 1. The summed E-state index contributed by atoms with van der Waals surface area (Å²) in [5.74, 6) is 0.854. The van der Waals surface area contributed by atoms with Crippen molar-refractivity contribution in [1.82, 2.24) is 0 Å². The lowest BCUT2D eigenvalue weighted by Gasteiger charge is -2.10. The fraction of sp³-hybridized carbons (Fsp3) is 0.417. The van der Waals surface area contributed by atoms with E-state index in [-0.39, 0.29) is 11.9 Å². The molecule has 0 aliphatic carbocycles. The highest BCUT2D eigenvalue weighted by Gasteiger charge is 2.20. The van der Waals surface area contributed by atoms with Crippen LogP contribution < -0.4 is 5.73 Å². The fourth-order valence-electron chi connectivity index (χ4n) is 1.71. The predicted molar refractivity (Wildman–Crippen MR) is 62.7 cm³/mol. The Morgan fingerprint density at radius 1 is 1.50 bits per heavy atom. The van der Waals surface area contributed by atoms with E-state index in [4.69, 9.17) is 10.5 Å². The summed E-state index contributed by atoms with van der Waals surface area (Å²) >= 11 is 0. The second-order valence-corrected chi connectivity index (χ2v) is 3.87. The molecule has 3 N–H and O–H groups in total. The van der Waals surface area contributed by atoms with Gasteiger partial charge >= 0.3 is 0 Å². The van der Waals surface area contributed by atoms with E-state index in [9.17, 15) is 5.11 Å². The summed E-state index contributed by atoms with van der Waals surface area (Å²) in [6.45, 7) is 1.37. The Balaban J connectivity index is 1.98. The van der Waals surface area contributed by atoms with Crippen molar-refractivity contribution in [2.24, 2.45) is 10.7 Å². The fourth-order valence-corrected chi connectivity index (χ4v) is 1.71. The van der Waals surface area contributed by atoms with Crippen LogP contribution in [0.4, 0.5) is 0 Å². The molecule has 0 amide bonds. The van der Waals surface area contributed by atoms with Gasteiger partial charge < -0.3 is 15.6 Å². The number of nitrogens with two attached hydrogens (primary N) is 1. The van der Waals surface area contributed by atoms with Crippen LogP contribution in [-0.4, -0.2) is 30.2 Å². The van der Waals surface area contributed by atoms with E-state index in [1.54, 1.807) is 18.2 Å². The molecule has 4 heteroatoms. The number of benzene rings is 1. The number of aliphatic imine (C=N–C) groups is 1. The van der Waals surface area contributed by atoms with E-state index in [0.29, 0.717) is 19.0 Å². The third-order valence-corrected chi connectivity index (χ3v) is 2.54. The van der Waals surface area contributed by atoms with Gasteiger partial charge in [-0.1, -0.05) is 6.07 Å². The number of rotatable bonds is 4. The lowest BCUT2D eigenvalue weighted by molar-refractivity contribution is 0.211. The smallest absolute Gasteiger partial charge is 0.216 e. The summed E-state index contributed by atoms with van der Waals surface area (Å²) in [6, 6.07) is 6.95. The molecule has 0 fully saturated rings. The SMILES string of the molecule is NCCCC1CN=C(c2cccc(O)c2)O1. The zero-order valence-corrected chi connectivity index (χ0v) is 9.10. The molecule has 4 nitrogen and oxygen atoms in total. The number of aromatic hydroxyl groups is 1. The molecule has 0 radical (unpaired) electrons. The minimum absolute atomic E-state index is 0.140. The molecular weight excluding hydrogens is 204 g/mol. The van der Waals surface area contributed by atoms with Crippen LogP contribution in [0.1, 0.15) is 18.4 Å². The van der Waals surface area contributed by atoms with Gasteiger partial charge in [-0.3, -0.25) is 0 Å². The summed E-state index contributed by atoms with van der Waals surface area (Å²) in [5.41, 5.74) is 6.28. The topological polar surface area (TPSA) is 67.8 Å². The normalized spacial score (nSPS) is 19.3. The molecule has 0 bridgehead atoms. The molecule has 0 spiro atoms. The average molecular weight is 220 g/mol. The number of nitrogens with zero attached hydrogens (tertiary/aromatic N) is 1. The van der Waals surface area contributed by atoms with Gasteiger partial charge in [-0.2, -0.15) is 0 Å². The van der Waals surface area contributed by atoms with Crippen molar-refractivity contribution in [3.63, 3.8) is 0 Å². The quantitative estimate of drug-likeness (QED) is 0.803. The molecule has 2 rings (SSSR count). The largest absolute Gasteiger partial charge is 0.508 e. The highest BCUT2D eigenvalue weighted by Crippen LogP contribution is 2.18. The van der Waals surface area contributed by atoms with E-state index >= 15 is 0 Å². The summed E-state index contributed by atoms with van der Waals surface area (Å²) in [7, 11) is 0. The molecule has 1 aliphatic rings. The van der Waals surface area contributed by atoms with Gasteiger partial charge in [0, 0.05) is 5.56 Å². The van der Waals surface area contributed by atoms with Gasteiger partial charge in [-0.25, -0.2) is 4.99 Å². The summed E-state index contributed by atoms with van der Waals surface area (Å²) in [5, 5.41) is 9.35. The zero-order chi connectivity index (χ0) is 11.4. The minimum atomic E-state index is 0.140. The van der Waals surface area contributed by atoms with Crippen molar-refractivity contribution < 1.29 is 9.84 Å². The molecule has 1 aromatic rings. The van der Waals surface area contributed by atoms with Crippen LogP contribution in [0.15, 0.2) is 29.3 Å². The first kappa shape index (κ1) is 11.0. The van der Waals surface area contributed by atoms with Crippen molar-refractivity contribution in [2.45, 2.75) is 18.9 Å². The van der Waals surface area contributed by atoms with E-state index in [1.807, 2.05) is 6.07 Å². The molecule has 0 saturated carbocycles. The average Bonchev–Trinajstić information content (AvgIpc) is 2.75. The molecule has 86 valence electrons. The maximum absolute atomic E-state index is 9.35. The Hall–Kier alpha value is -1.55. The van der Waals surface area contributed by atoms with Gasteiger partial charge in [0.1, 0.15) is 11.9 Å². The Morgan fingerprint density at radius 3 is 3.12 bits per heavy atom. The van der Waals surface area contributed by atoms with Crippen LogP contribution in [0.2, 0.25) is 0 Å². The maximum Gasteiger partial charge on any atom is 0.216 e. The van der Waals surface area contributed by atoms with Crippen molar-refractivity contribution in [1.29, 1.82) is 0 Å². The Labute approximate surface area is 94.8 Å². The van der Waals surface area contributed by atoms with Gasteiger partial charge in [0.25, 0.3) is 0 Å². The number of ether oxygens (including phenoxy) is 1. The minimum Gasteiger partial charge on any atom is -0.508 e. The molecule has 0 aromatic heterocycles. The zero-order valence-electron chi connectivity index (χ0n) is 9.10. The van der Waals surface area contributed by atoms with Crippen molar-refractivity contribution in [3.8, 4) is 5.75 Å². The first-order valence-electron chi connectivity index (χ1n) is 5.50. The molecule has 1 heterocycles. The molecule has 1 aromatic carbocycles. The van der Waals surface area contributed by atoms with Gasteiger partial charge in [0.05, 0.1) is 6.54 Å². The summed E-state index contributed by atoms with van der Waals surface area (Å²) in [6.07, 6.45) is 2.02. The number of phenols is 1. The van der Waals surface area contributed by atoms with E-state index in [2.05, 4.69) is 4.99 Å². The second-order valence-electron chi connectivity index (χ2n) is 3.87. The summed E-state index contributed by atoms with van der Waals surface area (Å²) in [4.78, 5) is 4.32. The predicted octanol–water partition coefficient (Wildman–Crippen LogP) is 1.28. The van der Waals surface area contributed by atoms with E-state index < -0.39 is 0 Å². The molecule has 1 unspecified atom stereocenters. The van der Waals surface area contributed by atoms with Crippen LogP contribution in [0, 0.1) is 0 Å². The lowest BCUT2D eigenvalue weighted by atomic mass is 10.2. The van der Waals surface area contributed by atoms with E-state index in [0.717, 1.165) is 18.4 Å². The Morgan fingerprint density at radius 2 is 2.38 bits per heavy atom. The van der Waals surface area contributed by atoms with Crippen LogP contribution in [-0.2, 0) is 4.74 Å². The molecule has 1 aliphatic heterocycles. The maximum atomic E-state index is 9.35. The molecule has 16 heavy (non-hydrogen) atoms. The molecule has 0 saturated heterocycles. The van der Waals surface area contributed by atoms with E-state index in [1.165, 1.54) is 0 Å². The number of hydrogen-bond donors (Lipinski definition) is 2. The van der Waals surface area contributed by atoms with Crippen LogP contribution in [0.25, 0.3) is 0 Å². The molecule has 1 atom stereocenters. The highest BCUT2D eigenvalue weighted by molar-refractivity contribution is 5.95. The standard InChI is InChI=1S/C12H16N2O2/c13-6-2-5-11-8-14-12(16-11)9-3-1-4-10(15)7-9/h1,3-4,7,11,15H,2,5-6,8,13H2. The monoisotopic (exact) mass is 220 g/mol. The summed E-state index contributed by atoms with van der Waals surface area (Å²) < 4.78 is 5.69. The third kappa shape index (κ3) is 2.52. The van der Waals surface area contributed by atoms with Crippen LogP contribution >= 0.6 is 0 Å². The first-order valence-corrected chi connectivity index (χ1v) is 5.50. The van der Waals surface area contributed by atoms with Crippen LogP contribution in [0.5, 0.6) is 5.75 Å². The Bertz CT molecular complexity index is 390. The number of hydrogen-bond acceptors (Lipinski definition) is 4. The Kier molecular flexibility index (Phi) is 3.41. The van der Waals surface area contributed by atoms with Gasteiger partial charge in [0.2, 0.25) is 5.90 Å². The lowest BCUT2D eigenvalue weighted by Crippen LogP contribution is -2.15. The van der Waals surface area contributed by atoms with Crippen molar-refractivity contribution >= 4 is 5.90 Å².